The summed E-state index contributed by atoms with van der Waals surface area (Å²) in [7, 11) is -32.1. The van der Waals surface area contributed by atoms with Crippen molar-refractivity contribution in [3.8, 4) is 0 Å². The summed E-state index contributed by atoms with van der Waals surface area (Å²) >= 11 is 0. The third-order valence-electron chi connectivity index (χ3n) is 10.1. The normalized spacial score (nSPS) is 11.0. The molecule has 35 nitrogen and oxygen atoms in total. The van der Waals surface area contributed by atoms with Crippen molar-refractivity contribution in [3.63, 3.8) is 0 Å². The summed E-state index contributed by atoms with van der Waals surface area (Å²) in [5, 5.41) is 29.7. The van der Waals surface area contributed by atoms with Crippen LogP contribution in [-0.4, -0.2) is 132 Å². The van der Waals surface area contributed by atoms with E-state index in [0.717, 1.165) is 49.0 Å². The van der Waals surface area contributed by atoms with Crippen molar-refractivity contribution in [2.45, 2.75) is 55.1 Å². The molecule has 0 aliphatic rings. The zero-order chi connectivity index (χ0) is 63.3. The maximum absolute atomic E-state index is 12.6. The molecule has 3 N–H and O–H groups in total. The molecule has 94 heavy (non-hydrogen) atoms. The van der Waals surface area contributed by atoms with E-state index in [9.17, 15) is 97.6 Å². The number of nitrogens with one attached hydrogen (secondary N) is 3. The van der Waals surface area contributed by atoms with Crippen molar-refractivity contribution < 1.29 is 412 Å². The fraction of sp³-hybridized carbons (Fsp3) is 0.116. The zero-order valence-corrected chi connectivity index (χ0v) is 75.9. The predicted molar refractivity (Wildman–Crippen MR) is 259 cm³/mol. The maximum atomic E-state index is 12.6. The molecule has 1 atom stereocenters. The van der Waals surface area contributed by atoms with E-state index in [1.165, 1.54) is 6.07 Å². The number of aromatic nitrogens is 6. The van der Waals surface area contributed by atoms with Gasteiger partial charge >= 0.3 is 308 Å². The Balaban J connectivity index is -0.000000910. The SMILES string of the molecule is O=C=O.O=C=O.[CH2-]C(Cc1nc(Cc2cc(S(=O)(=O)[O-])ccc2S(=O)(=O)[O-])nc(Nc2ccc(/C=C/c3ccc(Cc4nc(N[CH-]CC(=O)[O-])nc(Nc5cc(S(=O)(=O)[O-])ccc5S(=O)(=O)[O-])n4)cc3S(=O)(=O)[O-])c(S(=O)(=O)[O-])c2)n1)C(=O)[O-].[Na+].[Na+].[Na+].[Na+].[Na+].[Na+].[Na+].[Na+].[Na+].[Na+]. The molecule has 51 heteroatoms. The van der Waals surface area contributed by atoms with Gasteiger partial charge in [-0.1, -0.05) is 30.4 Å². The predicted octanol–water partition coefficient (Wildman–Crippen LogP) is -33.4. The van der Waals surface area contributed by atoms with Crippen molar-refractivity contribution in [2.75, 3.05) is 16.0 Å². The van der Waals surface area contributed by atoms with Gasteiger partial charge in [0.15, 0.2) is 5.95 Å². The van der Waals surface area contributed by atoms with Gasteiger partial charge in [0.25, 0.3) is 0 Å². The Bertz CT molecular complexity index is 4400. The molecule has 0 fully saturated rings. The van der Waals surface area contributed by atoms with Crippen molar-refractivity contribution in [3.05, 3.63) is 126 Å². The molecule has 0 aliphatic heterocycles. The fourth-order valence-corrected chi connectivity index (χ4v) is 10.4. The first-order valence-corrected chi connectivity index (χ1v) is 30.0. The Hall–Kier alpha value is 1.20. The van der Waals surface area contributed by atoms with Gasteiger partial charge < -0.3 is 70.0 Å². The van der Waals surface area contributed by atoms with Crippen LogP contribution in [0.3, 0.4) is 0 Å². The Kier molecular flexibility index (Phi) is 55.8. The van der Waals surface area contributed by atoms with E-state index < -0.39 is 185 Å². The van der Waals surface area contributed by atoms with Gasteiger partial charge in [-0.25, -0.2) is 62.0 Å². The van der Waals surface area contributed by atoms with Crippen LogP contribution in [0.4, 0.5) is 29.2 Å². The first kappa shape index (κ1) is 109. The van der Waals surface area contributed by atoms with Gasteiger partial charge in [-0.05, 0) is 83.3 Å². The van der Waals surface area contributed by atoms with Gasteiger partial charge in [0.2, 0.25) is 11.9 Å². The summed E-state index contributed by atoms with van der Waals surface area (Å²) in [4.78, 5) is 73.1. The monoisotopic (exact) mass is 1510 g/mol. The maximum Gasteiger partial charge on any atom is 1.00 e. The first-order valence-electron chi connectivity index (χ1n) is 21.6. The largest absolute Gasteiger partial charge is 1.00 e. The van der Waals surface area contributed by atoms with Crippen molar-refractivity contribution in [2.24, 2.45) is 5.92 Å². The van der Waals surface area contributed by atoms with Gasteiger partial charge in [0.1, 0.15) is 78.2 Å². The first-order chi connectivity index (χ1) is 38.8. The average molecular weight is 1510 g/mol. The second-order valence-corrected chi connectivity index (χ2v) is 24.1. The number of anilines is 5. The Labute approximate surface area is 757 Å². The molecule has 0 spiro atoms. The van der Waals surface area contributed by atoms with Crippen molar-refractivity contribution in [1.29, 1.82) is 0 Å². The van der Waals surface area contributed by atoms with Crippen LogP contribution in [0.1, 0.15) is 46.1 Å². The minimum Gasteiger partial charge on any atom is -0.744 e. The van der Waals surface area contributed by atoms with E-state index in [0.29, 0.717) is 36.4 Å². The van der Waals surface area contributed by atoms with E-state index in [-0.39, 0.29) is 325 Å². The molecule has 0 bridgehead atoms. The van der Waals surface area contributed by atoms with Gasteiger partial charge in [0.05, 0.1) is 35.1 Å². The number of nitrogens with zero attached hydrogens (tertiary/aromatic N) is 6. The topological polar surface area (TPSA) is 605 Å². The molecule has 0 aliphatic carbocycles. The molecule has 0 radical (unpaired) electrons. The molecular weight excluding hydrogens is 1480 g/mol. The van der Waals surface area contributed by atoms with E-state index in [1.54, 1.807) is 0 Å². The summed E-state index contributed by atoms with van der Waals surface area (Å²) in [5.41, 5.74) is -2.61. The number of carboxylic acid groups (broad SMARTS) is 2. The van der Waals surface area contributed by atoms with Crippen LogP contribution in [-0.2, 0) is 109 Å². The van der Waals surface area contributed by atoms with Gasteiger partial charge in [-0.15, -0.1) is 12.3 Å². The average Bonchev–Trinajstić information content (AvgIpc) is 0.815. The number of hydrogen-bond donors (Lipinski definition) is 3. The summed E-state index contributed by atoms with van der Waals surface area (Å²) < 4.78 is 218. The van der Waals surface area contributed by atoms with Gasteiger partial charge in [-0.2, -0.15) is 44.1 Å². The van der Waals surface area contributed by atoms with Crippen molar-refractivity contribution >= 4 is 126 Å². The quantitative estimate of drug-likeness (QED) is 0.0232. The number of carbonyl (C=O) groups is 2. The third kappa shape index (κ3) is 36.1. The number of rotatable bonds is 23. The van der Waals surface area contributed by atoms with E-state index in [4.69, 9.17) is 19.2 Å². The van der Waals surface area contributed by atoms with Crippen molar-refractivity contribution in [1.82, 2.24) is 29.9 Å². The van der Waals surface area contributed by atoms with Gasteiger partial charge in [-0.3, -0.25) is 0 Å². The molecule has 0 amide bonds. The molecular formula is C43H29N9Na10O26S6. The number of carboxylic acids is 2. The second-order valence-electron chi connectivity index (χ2n) is 15.9. The molecule has 2 heterocycles. The number of aliphatic carboxylic acids is 2. The second kappa shape index (κ2) is 48.3. The Morgan fingerprint density at radius 1 is 0.479 bits per heavy atom. The summed E-state index contributed by atoms with van der Waals surface area (Å²) in [6.45, 7) is 4.26. The molecule has 6 aromatic rings. The van der Waals surface area contributed by atoms with Crippen LogP contribution in [0.2, 0.25) is 0 Å². The molecule has 1 unspecified atom stereocenters. The zero-order valence-electron chi connectivity index (χ0n) is 51.0. The van der Waals surface area contributed by atoms with E-state index in [2.05, 4.69) is 52.8 Å². The molecule has 2 aromatic heterocycles. The summed E-state index contributed by atoms with van der Waals surface area (Å²) in [6.07, 6.45) is -0.351. The summed E-state index contributed by atoms with van der Waals surface area (Å²) in [6, 6.07) is 9.12. The molecule has 6 rings (SSSR count). The van der Waals surface area contributed by atoms with E-state index >= 15 is 0 Å². The fourth-order valence-electron chi connectivity index (χ4n) is 6.71. The minimum absolute atomic E-state index is 0. The van der Waals surface area contributed by atoms with Crippen LogP contribution >= 0.6 is 0 Å². The van der Waals surface area contributed by atoms with Crippen LogP contribution < -0.4 is 322 Å². The van der Waals surface area contributed by atoms with Crippen LogP contribution in [0, 0.1) is 19.4 Å². The summed E-state index contributed by atoms with van der Waals surface area (Å²) in [5.74, 6) is -7.76. The van der Waals surface area contributed by atoms with E-state index in [1.807, 2.05) is 0 Å². The third-order valence-corrected chi connectivity index (χ3v) is 15.3. The number of carbonyl (C=O) groups excluding carboxylic acids is 6. The molecule has 448 valence electrons. The molecule has 0 saturated carbocycles. The van der Waals surface area contributed by atoms with Crippen LogP contribution in [0.5, 0.6) is 0 Å². The van der Waals surface area contributed by atoms with Crippen LogP contribution in [0.15, 0.2) is 102 Å². The van der Waals surface area contributed by atoms with Gasteiger partial charge in [0, 0.05) is 30.5 Å². The Morgan fingerprint density at radius 3 is 1.35 bits per heavy atom. The minimum atomic E-state index is -5.47. The van der Waals surface area contributed by atoms with Crippen LogP contribution in [0.25, 0.3) is 12.2 Å². The number of benzene rings is 4. The smallest absolute Gasteiger partial charge is 0.744 e. The Morgan fingerprint density at radius 2 is 0.894 bits per heavy atom. The number of hydrogen-bond acceptors (Lipinski definition) is 35. The molecule has 4 aromatic carbocycles. The molecule has 0 saturated heterocycles. The standard InChI is InChI=1S/C41H37N9O22S6.2CO2.10Na/c1-21(38(53)54)14-34-45-36(18-25-17-27(73(55,56)57)8-10-30(25)75(61,62)63)49-40(47-34)43-26-7-6-24(33(19-26)78(70,71)72)5-4-23-3-2-22(15-32(23)77(67,68)69)16-35-46-39(42-13-12-37(51)52)50-41(48-35)44-29-20-28(74(58,59)60)9-11-31(29)76(64,65)66;2*2-1-3;;;;;;;;;;/h2-11,13,15,17,19-21H,1,12,14,16,18H2,(H,51,52)(H,53,54)(H,55,56,57)(H,58,59,60)(H,61,62,63)(H,64,65,66)(H,67,68,69)(H,70,71,72)(H,43,45,47,49)(H2,42,44,46,48,50);;;;;;;;;;;;/q-2;;;10*+1/p-8/b5-4+;;;;;;;;;;;;.